The molecular weight excluding hydrogens is 292 g/mol. The van der Waals surface area contributed by atoms with Crippen LogP contribution in [0.5, 0.6) is 0 Å². The van der Waals surface area contributed by atoms with Gasteiger partial charge in [-0.3, -0.25) is 9.69 Å². The molecule has 0 aliphatic carbocycles. The van der Waals surface area contributed by atoms with E-state index in [2.05, 4.69) is 9.80 Å². The maximum atomic E-state index is 12.5. The molecule has 3 aliphatic rings. The third kappa shape index (κ3) is 3.17. The summed E-state index contributed by atoms with van der Waals surface area (Å²) in [5.74, 6) is 2.00. The van der Waals surface area contributed by atoms with Crippen molar-refractivity contribution < 1.29 is 13.9 Å². The van der Waals surface area contributed by atoms with Crippen molar-refractivity contribution in [3.05, 3.63) is 24.2 Å². The number of rotatable bonds is 4. The summed E-state index contributed by atoms with van der Waals surface area (Å²) < 4.78 is 11.0. The van der Waals surface area contributed by atoms with Gasteiger partial charge in [0.25, 0.3) is 0 Å². The smallest absolute Gasteiger partial charge is 0.222 e. The first-order valence-electron chi connectivity index (χ1n) is 8.95. The van der Waals surface area contributed by atoms with Gasteiger partial charge in [0.15, 0.2) is 0 Å². The molecule has 5 heteroatoms. The number of ether oxygens (including phenoxy) is 1. The molecule has 4 rings (SSSR count). The largest absolute Gasteiger partial charge is 0.468 e. The van der Waals surface area contributed by atoms with Crippen LogP contribution in [0.25, 0.3) is 0 Å². The minimum atomic E-state index is 0.359. The molecule has 3 fully saturated rings. The summed E-state index contributed by atoms with van der Waals surface area (Å²) in [5, 5.41) is 0. The van der Waals surface area contributed by atoms with E-state index < -0.39 is 0 Å². The number of nitrogens with zero attached hydrogens (tertiary/aromatic N) is 2. The van der Waals surface area contributed by atoms with E-state index in [9.17, 15) is 4.79 Å². The van der Waals surface area contributed by atoms with E-state index in [1.165, 1.54) is 0 Å². The highest BCUT2D eigenvalue weighted by Gasteiger charge is 2.43. The van der Waals surface area contributed by atoms with E-state index in [4.69, 9.17) is 9.15 Å². The molecule has 2 atom stereocenters. The highest BCUT2D eigenvalue weighted by atomic mass is 16.5. The minimum absolute atomic E-state index is 0.359. The second-order valence-corrected chi connectivity index (χ2v) is 7.11. The fourth-order valence-electron chi connectivity index (χ4n) is 4.48. The lowest BCUT2D eigenvalue weighted by Gasteiger charge is -2.41. The van der Waals surface area contributed by atoms with Crippen LogP contribution in [-0.4, -0.2) is 54.1 Å². The maximum absolute atomic E-state index is 12.5. The van der Waals surface area contributed by atoms with Gasteiger partial charge in [-0.25, -0.2) is 0 Å². The van der Waals surface area contributed by atoms with Crippen LogP contribution in [0.3, 0.4) is 0 Å². The van der Waals surface area contributed by atoms with Crippen LogP contribution >= 0.6 is 0 Å². The van der Waals surface area contributed by atoms with Gasteiger partial charge in [-0.15, -0.1) is 0 Å². The van der Waals surface area contributed by atoms with Crippen LogP contribution < -0.4 is 0 Å². The lowest BCUT2D eigenvalue weighted by molar-refractivity contribution is -0.139. The lowest BCUT2D eigenvalue weighted by Crippen LogP contribution is -2.53. The summed E-state index contributed by atoms with van der Waals surface area (Å²) in [6, 6.07) is 4.89. The predicted molar refractivity (Wildman–Crippen MR) is 85.8 cm³/mol. The van der Waals surface area contributed by atoms with Crippen LogP contribution in [-0.2, 0) is 16.1 Å². The number of carbonyl (C=O) groups is 1. The number of amides is 1. The van der Waals surface area contributed by atoms with Crippen LogP contribution in [0.15, 0.2) is 22.8 Å². The standard InChI is InChI=1S/C18H26N2O3/c21-18-4-3-16-17(20(18)12-14-6-10-22-11-7-14)5-8-19(16)13-15-2-1-9-23-15/h1-2,9,14,16-17H,3-8,10-13H2/t16-,17-/m1/s1. The van der Waals surface area contributed by atoms with Gasteiger partial charge in [0.1, 0.15) is 5.76 Å². The number of likely N-dealkylation sites (tertiary alicyclic amines) is 2. The topological polar surface area (TPSA) is 45.9 Å². The first kappa shape index (κ1) is 15.2. The third-order valence-electron chi connectivity index (χ3n) is 5.73. The van der Waals surface area contributed by atoms with E-state index in [0.29, 0.717) is 30.3 Å². The van der Waals surface area contributed by atoms with Gasteiger partial charge in [-0.05, 0) is 43.7 Å². The fourth-order valence-corrected chi connectivity index (χ4v) is 4.48. The fraction of sp³-hybridized carbons (Fsp3) is 0.722. The van der Waals surface area contributed by atoms with Crippen molar-refractivity contribution in [3.63, 3.8) is 0 Å². The van der Waals surface area contributed by atoms with Crippen molar-refractivity contribution in [2.75, 3.05) is 26.3 Å². The molecule has 0 saturated carbocycles. The molecular formula is C18H26N2O3. The molecule has 0 spiro atoms. The molecule has 23 heavy (non-hydrogen) atoms. The Morgan fingerprint density at radius 2 is 2.00 bits per heavy atom. The number of hydrogen-bond donors (Lipinski definition) is 0. The second kappa shape index (κ2) is 6.65. The molecule has 1 amide bonds. The van der Waals surface area contributed by atoms with E-state index in [1.807, 2.05) is 12.1 Å². The van der Waals surface area contributed by atoms with E-state index in [1.54, 1.807) is 6.26 Å². The van der Waals surface area contributed by atoms with E-state index in [-0.39, 0.29) is 0 Å². The third-order valence-corrected chi connectivity index (χ3v) is 5.73. The summed E-state index contributed by atoms with van der Waals surface area (Å²) in [6.07, 6.45) is 6.72. The SMILES string of the molecule is O=C1CC[C@@H]2[C@@H](CCN2Cc2ccco2)N1CC1CCOCC1. The maximum Gasteiger partial charge on any atom is 0.222 e. The van der Waals surface area contributed by atoms with Crippen LogP contribution in [0.1, 0.15) is 37.9 Å². The normalized spacial score (nSPS) is 29.9. The molecule has 4 heterocycles. The first-order chi connectivity index (χ1) is 11.3. The highest BCUT2D eigenvalue weighted by Crippen LogP contribution is 2.33. The van der Waals surface area contributed by atoms with Crippen LogP contribution in [0.4, 0.5) is 0 Å². The number of furan rings is 1. The monoisotopic (exact) mass is 318 g/mol. The number of hydrogen-bond acceptors (Lipinski definition) is 4. The Bertz CT molecular complexity index is 524. The van der Waals surface area contributed by atoms with Gasteiger partial charge in [0.2, 0.25) is 5.91 Å². The molecule has 3 saturated heterocycles. The Balaban J connectivity index is 1.42. The zero-order chi connectivity index (χ0) is 15.6. The van der Waals surface area contributed by atoms with Gasteiger partial charge < -0.3 is 14.1 Å². The predicted octanol–water partition coefficient (Wildman–Crippen LogP) is 2.27. The molecule has 1 aromatic rings. The molecule has 1 aromatic heterocycles. The summed E-state index contributed by atoms with van der Waals surface area (Å²) in [5.41, 5.74) is 0. The Hall–Kier alpha value is -1.33. The molecule has 0 unspecified atom stereocenters. The van der Waals surface area contributed by atoms with Crippen molar-refractivity contribution >= 4 is 5.91 Å². The van der Waals surface area contributed by atoms with Crippen LogP contribution in [0, 0.1) is 5.92 Å². The second-order valence-electron chi connectivity index (χ2n) is 7.11. The average Bonchev–Trinajstić information content (AvgIpc) is 3.22. The lowest BCUT2D eigenvalue weighted by atomic mass is 9.92. The molecule has 0 bridgehead atoms. The van der Waals surface area contributed by atoms with Gasteiger partial charge in [-0.1, -0.05) is 0 Å². The molecule has 0 radical (unpaired) electrons. The van der Waals surface area contributed by atoms with Gasteiger partial charge in [-0.2, -0.15) is 0 Å². The number of piperidine rings is 1. The number of carbonyl (C=O) groups excluding carboxylic acids is 1. The van der Waals surface area contributed by atoms with Crippen LogP contribution in [0.2, 0.25) is 0 Å². The highest BCUT2D eigenvalue weighted by molar-refractivity contribution is 5.77. The summed E-state index contributed by atoms with van der Waals surface area (Å²) in [7, 11) is 0. The molecule has 3 aliphatic heterocycles. The molecule has 0 N–H and O–H groups in total. The Morgan fingerprint density at radius 3 is 2.78 bits per heavy atom. The van der Waals surface area contributed by atoms with Gasteiger partial charge in [0.05, 0.1) is 12.8 Å². The van der Waals surface area contributed by atoms with E-state index >= 15 is 0 Å². The Labute approximate surface area is 137 Å². The first-order valence-corrected chi connectivity index (χ1v) is 8.95. The summed E-state index contributed by atoms with van der Waals surface area (Å²) in [4.78, 5) is 17.2. The summed E-state index contributed by atoms with van der Waals surface area (Å²) >= 11 is 0. The number of fused-ring (bicyclic) bond motifs is 1. The van der Waals surface area contributed by atoms with Crippen molar-refractivity contribution in [1.29, 1.82) is 0 Å². The molecule has 0 aromatic carbocycles. The average molecular weight is 318 g/mol. The Kier molecular flexibility index (Phi) is 4.40. The van der Waals surface area contributed by atoms with Gasteiger partial charge >= 0.3 is 0 Å². The minimum Gasteiger partial charge on any atom is -0.468 e. The zero-order valence-corrected chi connectivity index (χ0v) is 13.7. The van der Waals surface area contributed by atoms with E-state index in [0.717, 1.165) is 64.3 Å². The Morgan fingerprint density at radius 1 is 1.13 bits per heavy atom. The van der Waals surface area contributed by atoms with Crippen molar-refractivity contribution in [2.45, 2.75) is 50.7 Å². The summed E-state index contributed by atoms with van der Waals surface area (Å²) in [6.45, 7) is 4.57. The molecule has 5 nitrogen and oxygen atoms in total. The van der Waals surface area contributed by atoms with Crippen molar-refractivity contribution in [2.24, 2.45) is 5.92 Å². The quantitative estimate of drug-likeness (QED) is 0.854. The van der Waals surface area contributed by atoms with Gasteiger partial charge in [0, 0.05) is 44.8 Å². The van der Waals surface area contributed by atoms with Crippen molar-refractivity contribution in [3.8, 4) is 0 Å². The molecule has 126 valence electrons. The zero-order valence-electron chi connectivity index (χ0n) is 13.7. The van der Waals surface area contributed by atoms with Crippen molar-refractivity contribution in [1.82, 2.24) is 9.80 Å².